The molecule has 12 rings (SSSR count). The molecule has 0 N–H and O–H groups in total. The minimum atomic E-state index is 1.05. The summed E-state index contributed by atoms with van der Waals surface area (Å²) in [7, 11) is 0. The monoisotopic (exact) mass is 691 g/mol. The molecule has 0 radical (unpaired) electrons. The van der Waals surface area contributed by atoms with Crippen LogP contribution in [-0.2, 0) is 0 Å². The van der Waals surface area contributed by atoms with Gasteiger partial charge in [-0.25, -0.2) is 4.98 Å². The average Bonchev–Trinajstić information content (AvgIpc) is 3.90. The molecule has 0 saturated heterocycles. The number of benzene rings is 9. The van der Waals surface area contributed by atoms with E-state index in [0.717, 1.165) is 27.5 Å². The van der Waals surface area contributed by atoms with E-state index in [9.17, 15) is 0 Å². The van der Waals surface area contributed by atoms with Crippen LogP contribution in [-0.4, -0.2) is 14.1 Å². The molecule has 0 spiro atoms. The maximum Gasteiger partial charge on any atom is 0.124 e. The van der Waals surface area contributed by atoms with Crippen molar-refractivity contribution in [3.63, 3.8) is 0 Å². The van der Waals surface area contributed by atoms with Crippen LogP contribution in [0.1, 0.15) is 0 Å². The Morgan fingerprint density at radius 1 is 0.377 bits per heavy atom. The number of thiazole rings is 1. The van der Waals surface area contributed by atoms with Crippen molar-refractivity contribution in [1.29, 1.82) is 0 Å². The minimum Gasteiger partial charge on any atom is -0.309 e. The second-order valence-corrected chi connectivity index (χ2v) is 15.0. The smallest absolute Gasteiger partial charge is 0.124 e. The summed E-state index contributed by atoms with van der Waals surface area (Å²) in [4.78, 5) is 5.24. The first-order valence-electron chi connectivity index (χ1n) is 18.0. The van der Waals surface area contributed by atoms with Crippen molar-refractivity contribution >= 4 is 97.5 Å². The van der Waals surface area contributed by atoms with Crippen molar-refractivity contribution in [1.82, 2.24) is 14.1 Å². The molecule has 0 fully saturated rings. The number of hydrogen-bond donors (Lipinski definition) is 0. The van der Waals surface area contributed by atoms with E-state index in [1.165, 1.54) is 80.6 Å². The van der Waals surface area contributed by atoms with Gasteiger partial charge in [-0.3, -0.25) is 0 Å². The lowest BCUT2D eigenvalue weighted by molar-refractivity contribution is 1.17. The Balaban J connectivity index is 1.17. The average molecular weight is 692 g/mol. The minimum absolute atomic E-state index is 1.05. The number of para-hydroxylation sites is 2. The highest BCUT2D eigenvalue weighted by atomic mass is 32.1. The van der Waals surface area contributed by atoms with Crippen LogP contribution in [0.5, 0.6) is 0 Å². The predicted octanol–water partition coefficient (Wildman–Crippen LogP) is 13.6. The lowest BCUT2D eigenvalue weighted by atomic mass is 10.0. The van der Waals surface area contributed by atoms with Crippen LogP contribution in [0, 0.1) is 0 Å². The summed E-state index contributed by atoms with van der Waals surface area (Å²) in [5.74, 6) is 0. The number of aromatic nitrogens is 3. The fourth-order valence-electron chi connectivity index (χ4n) is 8.75. The van der Waals surface area contributed by atoms with Crippen molar-refractivity contribution < 1.29 is 0 Å². The third-order valence-corrected chi connectivity index (χ3v) is 12.2. The van der Waals surface area contributed by atoms with E-state index in [1.807, 2.05) is 0 Å². The number of nitrogens with zero attached hydrogens (tertiary/aromatic N) is 3. The first kappa shape index (κ1) is 28.9. The van der Waals surface area contributed by atoms with Gasteiger partial charge in [0, 0.05) is 43.9 Å². The molecular weight excluding hydrogens is 663 g/mol. The number of fused-ring (bicyclic) bond motifs is 13. The molecule has 0 unspecified atom stereocenters. The maximum absolute atomic E-state index is 5.24. The Kier molecular flexibility index (Phi) is 5.93. The summed E-state index contributed by atoms with van der Waals surface area (Å²) in [6, 6.07) is 64.2. The van der Waals surface area contributed by atoms with Crippen molar-refractivity contribution in [2.75, 3.05) is 0 Å². The van der Waals surface area contributed by atoms with Gasteiger partial charge >= 0.3 is 0 Å². The van der Waals surface area contributed by atoms with Gasteiger partial charge in [-0.1, -0.05) is 121 Å². The lowest BCUT2D eigenvalue weighted by Gasteiger charge is -2.12. The zero-order valence-corrected chi connectivity index (χ0v) is 29.3. The SMILES string of the molecule is c1ccc(-c2nc3c(ccc4ccc5cc(-n6c7cc8c(cc7c7c9ccccc9ccc76)c6ccccc6n8-c6ccccc6)ccc5c43)s2)cc1. The highest BCUT2D eigenvalue weighted by Gasteiger charge is 2.20. The molecule has 4 heteroatoms. The summed E-state index contributed by atoms with van der Waals surface area (Å²) in [6.45, 7) is 0. The highest BCUT2D eigenvalue weighted by Crippen LogP contribution is 2.43. The van der Waals surface area contributed by atoms with Crippen molar-refractivity contribution in [3.05, 3.63) is 176 Å². The molecule has 246 valence electrons. The van der Waals surface area contributed by atoms with Crippen molar-refractivity contribution in [2.24, 2.45) is 0 Å². The van der Waals surface area contributed by atoms with Gasteiger partial charge in [0.25, 0.3) is 0 Å². The molecule has 53 heavy (non-hydrogen) atoms. The molecule has 0 saturated carbocycles. The van der Waals surface area contributed by atoms with Crippen LogP contribution in [0.15, 0.2) is 176 Å². The Morgan fingerprint density at radius 3 is 1.94 bits per heavy atom. The molecule has 0 atom stereocenters. The van der Waals surface area contributed by atoms with Gasteiger partial charge in [0.15, 0.2) is 0 Å². The van der Waals surface area contributed by atoms with Gasteiger partial charge in [0.05, 0.1) is 32.3 Å². The molecule has 3 aromatic heterocycles. The lowest BCUT2D eigenvalue weighted by Crippen LogP contribution is -1.96. The zero-order chi connectivity index (χ0) is 34.6. The van der Waals surface area contributed by atoms with E-state index >= 15 is 0 Å². The van der Waals surface area contributed by atoms with Crippen LogP contribution in [0.2, 0.25) is 0 Å². The van der Waals surface area contributed by atoms with Gasteiger partial charge in [-0.05, 0) is 81.5 Å². The Morgan fingerprint density at radius 2 is 1.06 bits per heavy atom. The van der Waals surface area contributed by atoms with E-state index in [1.54, 1.807) is 11.3 Å². The second kappa shape index (κ2) is 10.9. The molecule has 12 aromatic rings. The van der Waals surface area contributed by atoms with Crippen LogP contribution in [0.3, 0.4) is 0 Å². The van der Waals surface area contributed by atoms with E-state index in [2.05, 4.69) is 185 Å². The van der Waals surface area contributed by atoms with Crippen LogP contribution in [0.4, 0.5) is 0 Å². The van der Waals surface area contributed by atoms with Gasteiger partial charge in [-0.15, -0.1) is 11.3 Å². The standard InChI is InChI=1S/C49H29N3S/c1-3-12-32(13-4-1)49-50-48-45(53-49)26-22-31-19-20-33-27-35(23-24-37(33)46(31)48)52-42-25-21-30-11-7-8-16-36(30)47(42)40-28-39-38-17-9-10-18-41(38)51(43(39)29-44(40)52)34-14-5-2-6-15-34/h1-29H. The predicted molar refractivity (Wildman–Crippen MR) is 226 cm³/mol. The van der Waals surface area contributed by atoms with Gasteiger partial charge in [0.2, 0.25) is 0 Å². The fourth-order valence-corrected chi connectivity index (χ4v) is 9.73. The molecule has 3 heterocycles. The first-order valence-corrected chi connectivity index (χ1v) is 18.9. The summed E-state index contributed by atoms with van der Waals surface area (Å²) in [5.41, 5.74) is 9.34. The summed E-state index contributed by atoms with van der Waals surface area (Å²) < 4.78 is 6.10. The molecule has 9 aromatic carbocycles. The van der Waals surface area contributed by atoms with Gasteiger partial charge < -0.3 is 9.13 Å². The second-order valence-electron chi connectivity index (χ2n) is 14.0. The van der Waals surface area contributed by atoms with E-state index in [0.29, 0.717) is 0 Å². The normalized spacial score (nSPS) is 12.2. The van der Waals surface area contributed by atoms with Gasteiger partial charge in [-0.2, -0.15) is 0 Å². The summed E-state index contributed by atoms with van der Waals surface area (Å²) in [5, 5.41) is 13.5. The van der Waals surface area contributed by atoms with Crippen LogP contribution < -0.4 is 0 Å². The third kappa shape index (κ3) is 4.12. The summed E-state index contributed by atoms with van der Waals surface area (Å²) in [6.07, 6.45) is 0. The Hall–Kier alpha value is -6.75. The van der Waals surface area contributed by atoms with Crippen LogP contribution >= 0.6 is 11.3 Å². The third-order valence-electron chi connectivity index (χ3n) is 11.1. The molecule has 0 aliphatic heterocycles. The maximum atomic E-state index is 5.24. The van der Waals surface area contributed by atoms with E-state index in [-0.39, 0.29) is 0 Å². The fraction of sp³-hybridized carbons (Fsp3) is 0. The van der Waals surface area contributed by atoms with E-state index < -0.39 is 0 Å². The van der Waals surface area contributed by atoms with E-state index in [4.69, 9.17) is 4.98 Å². The number of rotatable bonds is 3. The molecule has 0 aliphatic carbocycles. The zero-order valence-electron chi connectivity index (χ0n) is 28.5. The highest BCUT2D eigenvalue weighted by molar-refractivity contribution is 7.21. The largest absolute Gasteiger partial charge is 0.309 e. The molecule has 0 aliphatic rings. The molecule has 0 amide bonds. The van der Waals surface area contributed by atoms with Gasteiger partial charge in [0.1, 0.15) is 5.01 Å². The first-order chi connectivity index (χ1) is 26.3. The molecule has 3 nitrogen and oxygen atoms in total. The van der Waals surface area contributed by atoms with Crippen molar-refractivity contribution in [3.8, 4) is 21.9 Å². The Bertz CT molecular complexity index is 3440. The quantitative estimate of drug-likeness (QED) is 0.169. The van der Waals surface area contributed by atoms with Crippen LogP contribution in [0.25, 0.3) is 108 Å². The summed E-state index contributed by atoms with van der Waals surface area (Å²) >= 11 is 1.76. The number of hydrogen-bond acceptors (Lipinski definition) is 2. The topological polar surface area (TPSA) is 22.8 Å². The molecular formula is C49H29N3S. The molecule has 0 bridgehead atoms. The van der Waals surface area contributed by atoms with Crippen molar-refractivity contribution in [2.45, 2.75) is 0 Å². The Labute approximate surface area is 308 Å².